The Labute approximate surface area is 238 Å². The number of likely N-dealkylation sites (tertiary alicyclic amines) is 1. The SMILES string of the molecule is CC(C)(C(N)=O)N(C(=O)CN1CCCC1)c1ccc(N/C(=C2\C(=O)Nc3cc(Cl)ccc32)c2ccccc2)cc1. The fraction of sp³-hybridized carbons (Fsp3) is 0.258. The molecule has 2 heterocycles. The van der Waals surface area contributed by atoms with Crippen LogP contribution in [-0.2, 0) is 14.4 Å². The Hall–Kier alpha value is -4.14. The van der Waals surface area contributed by atoms with E-state index in [4.69, 9.17) is 17.3 Å². The minimum atomic E-state index is -1.23. The van der Waals surface area contributed by atoms with Gasteiger partial charge in [-0.05, 0) is 81.7 Å². The average Bonchev–Trinajstić information content (AvgIpc) is 3.55. The zero-order chi connectivity index (χ0) is 28.4. The summed E-state index contributed by atoms with van der Waals surface area (Å²) >= 11 is 6.16. The van der Waals surface area contributed by atoms with E-state index in [0.717, 1.165) is 37.1 Å². The largest absolute Gasteiger partial charge is 0.368 e. The van der Waals surface area contributed by atoms with Crippen molar-refractivity contribution in [3.8, 4) is 0 Å². The standard InChI is InChI=1S/C31H32ClN5O3/c1-31(2,30(33)40)37(26(38)19-36-16-6-7-17-36)23-13-11-22(12-14-23)34-28(20-8-4-3-5-9-20)27-24-15-10-21(32)18-25(24)35-29(27)39/h3-5,8-15,18,34H,6-7,16-17,19H2,1-2H3,(H2,33,40)(H,35,39)/b28-27-. The zero-order valence-electron chi connectivity index (χ0n) is 22.5. The van der Waals surface area contributed by atoms with Crippen LogP contribution in [0.3, 0.4) is 0 Å². The third-order valence-corrected chi connectivity index (χ3v) is 7.64. The molecule has 3 aromatic carbocycles. The Morgan fingerprint density at radius 1 is 1.02 bits per heavy atom. The first-order valence-corrected chi connectivity index (χ1v) is 13.7. The summed E-state index contributed by atoms with van der Waals surface area (Å²) in [5.74, 6) is -1.01. The minimum Gasteiger partial charge on any atom is -0.368 e. The van der Waals surface area contributed by atoms with Crippen molar-refractivity contribution in [2.45, 2.75) is 32.2 Å². The summed E-state index contributed by atoms with van der Waals surface area (Å²) in [5.41, 5.74) is 9.13. The molecule has 0 atom stereocenters. The molecule has 206 valence electrons. The molecule has 3 amide bonds. The highest BCUT2D eigenvalue weighted by atomic mass is 35.5. The van der Waals surface area contributed by atoms with Crippen LogP contribution in [0.4, 0.5) is 17.1 Å². The van der Waals surface area contributed by atoms with Crippen LogP contribution >= 0.6 is 11.6 Å². The number of benzene rings is 3. The number of primary amides is 1. The number of hydrogen-bond acceptors (Lipinski definition) is 5. The Balaban J connectivity index is 1.50. The van der Waals surface area contributed by atoms with Crippen molar-refractivity contribution in [3.63, 3.8) is 0 Å². The predicted octanol–water partition coefficient (Wildman–Crippen LogP) is 4.97. The number of carbonyl (C=O) groups excluding carboxylic acids is 3. The van der Waals surface area contributed by atoms with Crippen LogP contribution in [0.2, 0.25) is 5.02 Å². The second kappa shape index (κ2) is 11.2. The molecule has 40 heavy (non-hydrogen) atoms. The molecule has 2 aliphatic rings. The highest BCUT2D eigenvalue weighted by molar-refractivity contribution is 6.38. The number of carbonyl (C=O) groups is 3. The van der Waals surface area contributed by atoms with Gasteiger partial charge in [0.2, 0.25) is 11.8 Å². The third-order valence-electron chi connectivity index (χ3n) is 7.40. The van der Waals surface area contributed by atoms with E-state index in [0.29, 0.717) is 33.4 Å². The van der Waals surface area contributed by atoms with Gasteiger partial charge in [-0.1, -0.05) is 48.0 Å². The van der Waals surface area contributed by atoms with E-state index in [1.54, 1.807) is 38.1 Å². The van der Waals surface area contributed by atoms with Gasteiger partial charge in [-0.25, -0.2) is 0 Å². The second-order valence-corrected chi connectivity index (χ2v) is 11.0. The third kappa shape index (κ3) is 5.46. The first-order chi connectivity index (χ1) is 19.1. The van der Waals surface area contributed by atoms with Gasteiger partial charge in [-0.15, -0.1) is 0 Å². The van der Waals surface area contributed by atoms with E-state index in [1.807, 2.05) is 48.5 Å². The van der Waals surface area contributed by atoms with Gasteiger partial charge < -0.3 is 16.4 Å². The van der Waals surface area contributed by atoms with Gasteiger partial charge >= 0.3 is 0 Å². The molecule has 3 aromatic rings. The summed E-state index contributed by atoms with van der Waals surface area (Å²) in [5, 5.41) is 6.86. The normalized spacial score (nSPS) is 16.3. The number of amides is 3. The van der Waals surface area contributed by atoms with E-state index < -0.39 is 11.4 Å². The molecule has 0 aromatic heterocycles. The van der Waals surface area contributed by atoms with Crippen molar-refractivity contribution in [1.29, 1.82) is 0 Å². The lowest BCUT2D eigenvalue weighted by molar-refractivity contribution is -0.127. The van der Waals surface area contributed by atoms with Crippen molar-refractivity contribution in [3.05, 3.63) is 88.9 Å². The van der Waals surface area contributed by atoms with Crippen LogP contribution in [0.25, 0.3) is 11.3 Å². The predicted molar refractivity (Wildman–Crippen MR) is 160 cm³/mol. The molecule has 9 heteroatoms. The molecule has 2 aliphatic heterocycles. The molecule has 0 unspecified atom stereocenters. The number of anilines is 3. The number of nitrogens with two attached hydrogens (primary N) is 1. The quantitative estimate of drug-likeness (QED) is 0.339. The molecule has 4 N–H and O–H groups in total. The van der Waals surface area contributed by atoms with Crippen molar-refractivity contribution < 1.29 is 14.4 Å². The zero-order valence-corrected chi connectivity index (χ0v) is 23.3. The van der Waals surface area contributed by atoms with Crippen LogP contribution in [0.1, 0.15) is 37.8 Å². The fourth-order valence-corrected chi connectivity index (χ4v) is 5.38. The van der Waals surface area contributed by atoms with Crippen LogP contribution in [-0.4, -0.2) is 47.8 Å². The number of fused-ring (bicyclic) bond motifs is 1. The Kier molecular flexibility index (Phi) is 7.65. The Morgan fingerprint density at radius 3 is 2.35 bits per heavy atom. The van der Waals surface area contributed by atoms with E-state index in [1.165, 1.54) is 4.90 Å². The highest BCUT2D eigenvalue weighted by Crippen LogP contribution is 2.39. The minimum absolute atomic E-state index is 0.184. The molecule has 1 saturated heterocycles. The first-order valence-electron chi connectivity index (χ1n) is 13.3. The lowest BCUT2D eigenvalue weighted by Crippen LogP contribution is -2.58. The monoisotopic (exact) mass is 557 g/mol. The molecule has 0 saturated carbocycles. The van der Waals surface area contributed by atoms with Crippen LogP contribution in [0.5, 0.6) is 0 Å². The Morgan fingerprint density at radius 2 is 1.70 bits per heavy atom. The molecular formula is C31H32ClN5O3. The van der Waals surface area contributed by atoms with Crippen molar-refractivity contribution in [1.82, 2.24) is 4.90 Å². The summed E-state index contributed by atoms with van der Waals surface area (Å²) in [7, 11) is 0. The maximum absolute atomic E-state index is 13.4. The number of halogens is 1. The first kappa shape index (κ1) is 27.4. The summed E-state index contributed by atoms with van der Waals surface area (Å²) in [6, 6.07) is 22.1. The maximum atomic E-state index is 13.4. The average molecular weight is 558 g/mol. The second-order valence-electron chi connectivity index (χ2n) is 10.6. The number of nitrogens with zero attached hydrogens (tertiary/aromatic N) is 2. The molecule has 0 aliphatic carbocycles. The molecule has 0 radical (unpaired) electrons. The molecule has 5 rings (SSSR count). The molecular weight excluding hydrogens is 526 g/mol. The summed E-state index contributed by atoms with van der Waals surface area (Å²) in [4.78, 5) is 42.6. The molecule has 1 fully saturated rings. The lowest BCUT2D eigenvalue weighted by atomic mass is 9.99. The van der Waals surface area contributed by atoms with Crippen LogP contribution < -0.4 is 21.3 Å². The van der Waals surface area contributed by atoms with Gasteiger partial charge in [-0.3, -0.25) is 24.2 Å². The summed E-state index contributed by atoms with van der Waals surface area (Å²) in [6.45, 7) is 5.26. The van der Waals surface area contributed by atoms with E-state index >= 15 is 0 Å². The number of rotatable bonds is 8. The van der Waals surface area contributed by atoms with Gasteiger partial charge in [-0.2, -0.15) is 0 Å². The van der Waals surface area contributed by atoms with Crippen LogP contribution in [0.15, 0.2) is 72.8 Å². The summed E-state index contributed by atoms with van der Waals surface area (Å²) < 4.78 is 0. The van der Waals surface area contributed by atoms with Crippen molar-refractivity contribution >= 4 is 57.7 Å². The highest BCUT2D eigenvalue weighted by Gasteiger charge is 2.38. The van der Waals surface area contributed by atoms with Gasteiger partial charge in [0.25, 0.3) is 5.91 Å². The smallest absolute Gasteiger partial charge is 0.258 e. The Bertz CT molecular complexity index is 1480. The molecule has 8 nitrogen and oxygen atoms in total. The maximum Gasteiger partial charge on any atom is 0.258 e. The van der Waals surface area contributed by atoms with E-state index in [2.05, 4.69) is 15.5 Å². The fourth-order valence-electron chi connectivity index (χ4n) is 5.21. The number of hydrogen-bond donors (Lipinski definition) is 3. The van der Waals surface area contributed by atoms with Gasteiger partial charge in [0.05, 0.1) is 23.5 Å². The van der Waals surface area contributed by atoms with E-state index in [-0.39, 0.29) is 18.4 Å². The van der Waals surface area contributed by atoms with E-state index in [9.17, 15) is 14.4 Å². The van der Waals surface area contributed by atoms with Gasteiger partial charge in [0.1, 0.15) is 5.54 Å². The number of nitrogens with one attached hydrogen (secondary N) is 2. The molecule has 0 bridgehead atoms. The van der Waals surface area contributed by atoms with Gasteiger partial charge in [0.15, 0.2) is 0 Å². The van der Waals surface area contributed by atoms with Crippen molar-refractivity contribution in [2.24, 2.45) is 5.73 Å². The lowest BCUT2D eigenvalue weighted by Gasteiger charge is -2.37. The van der Waals surface area contributed by atoms with Gasteiger partial charge in [0, 0.05) is 22.0 Å². The molecule has 0 spiro atoms. The van der Waals surface area contributed by atoms with Crippen LogP contribution in [0, 0.1) is 0 Å². The topological polar surface area (TPSA) is 108 Å². The van der Waals surface area contributed by atoms with Crippen molar-refractivity contribution in [2.75, 3.05) is 35.2 Å². The summed E-state index contributed by atoms with van der Waals surface area (Å²) in [6.07, 6.45) is 2.11.